The van der Waals surface area contributed by atoms with Crippen LogP contribution >= 0.6 is 0 Å². The molecule has 16 heavy (non-hydrogen) atoms. The molecule has 88 valence electrons. The van der Waals surface area contributed by atoms with E-state index in [0.717, 1.165) is 0 Å². The van der Waals surface area contributed by atoms with Gasteiger partial charge in [0.15, 0.2) is 0 Å². The zero-order valence-electron chi connectivity index (χ0n) is 9.60. The van der Waals surface area contributed by atoms with Crippen molar-refractivity contribution in [3.05, 3.63) is 12.4 Å². The maximum absolute atomic E-state index is 11.6. The first kappa shape index (κ1) is 12.2. The second-order valence-corrected chi connectivity index (χ2v) is 3.25. The molecule has 0 spiro atoms. The molecule has 0 aliphatic heterocycles. The normalized spacial score (nSPS) is 9.88. The molecular weight excluding hydrogens is 206 g/mol. The van der Waals surface area contributed by atoms with Gasteiger partial charge in [-0.2, -0.15) is 0 Å². The molecule has 0 aromatic carbocycles. The van der Waals surface area contributed by atoms with Crippen LogP contribution in [0.3, 0.4) is 0 Å². The fraction of sp³-hybridized carbons (Fsp3) is 0.500. The van der Waals surface area contributed by atoms with Gasteiger partial charge < -0.3 is 16.0 Å². The fourth-order valence-corrected chi connectivity index (χ4v) is 1.32. The summed E-state index contributed by atoms with van der Waals surface area (Å²) in [6.07, 6.45) is 2.99. The summed E-state index contributed by atoms with van der Waals surface area (Å²) in [6, 6.07) is 0. The van der Waals surface area contributed by atoms with E-state index in [1.165, 1.54) is 12.4 Å². The first-order chi connectivity index (χ1) is 7.67. The second-order valence-electron chi connectivity index (χ2n) is 3.25. The Morgan fingerprint density at radius 3 is 2.69 bits per heavy atom. The summed E-state index contributed by atoms with van der Waals surface area (Å²) in [7, 11) is 0. The summed E-state index contributed by atoms with van der Waals surface area (Å²) >= 11 is 0. The van der Waals surface area contributed by atoms with Gasteiger partial charge in [0.25, 0.3) is 0 Å². The highest BCUT2D eigenvalue weighted by atomic mass is 16.2. The third-order valence-corrected chi connectivity index (χ3v) is 2.19. The number of amides is 1. The predicted octanol–water partition coefficient (Wildman–Crippen LogP) is 0.339. The van der Waals surface area contributed by atoms with Crippen molar-refractivity contribution in [3.8, 4) is 0 Å². The number of anilines is 2. The Balaban J connectivity index is 2.48. The summed E-state index contributed by atoms with van der Waals surface area (Å²) in [5.74, 6) is 0.884. The van der Waals surface area contributed by atoms with Gasteiger partial charge in [-0.25, -0.2) is 4.98 Å². The molecule has 6 nitrogen and oxygen atoms in total. The number of carbonyl (C=O) groups excluding carboxylic acids is 1. The minimum atomic E-state index is 0.0363. The van der Waals surface area contributed by atoms with Gasteiger partial charge in [0.1, 0.15) is 11.6 Å². The molecule has 1 rings (SSSR count). The topological polar surface area (TPSA) is 84.1 Å². The highest BCUT2D eigenvalue weighted by Gasteiger charge is 2.08. The third kappa shape index (κ3) is 3.38. The lowest BCUT2D eigenvalue weighted by Crippen LogP contribution is -2.35. The van der Waals surface area contributed by atoms with Crippen molar-refractivity contribution in [3.63, 3.8) is 0 Å². The molecule has 3 N–H and O–H groups in total. The van der Waals surface area contributed by atoms with Crippen LogP contribution in [-0.2, 0) is 4.79 Å². The second kappa shape index (κ2) is 5.89. The Kier molecular flexibility index (Phi) is 4.50. The molecule has 0 fully saturated rings. The number of nitrogen functional groups attached to an aromatic ring is 1. The number of hydrogen-bond acceptors (Lipinski definition) is 5. The molecule has 1 aromatic rings. The molecule has 0 saturated heterocycles. The van der Waals surface area contributed by atoms with Crippen LogP contribution < -0.4 is 11.1 Å². The average Bonchev–Trinajstić information content (AvgIpc) is 2.28. The van der Waals surface area contributed by atoms with Gasteiger partial charge >= 0.3 is 0 Å². The molecule has 1 heterocycles. The molecule has 1 amide bonds. The van der Waals surface area contributed by atoms with E-state index in [1.54, 1.807) is 4.90 Å². The van der Waals surface area contributed by atoms with Crippen LogP contribution in [0, 0.1) is 0 Å². The standard InChI is InChI=1S/C10H17N5O/c1-3-15(4-2)10(16)7-13-9-6-12-5-8(11)14-9/h5-6H,3-4,7H2,1-2H3,(H3,11,13,14). The van der Waals surface area contributed by atoms with E-state index >= 15 is 0 Å². The van der Waals surface area contributed by atoms with E-state index in [1.807, 2.05) is 13.8 Å². The van der Waals surface area contributed by atoms with Crippen LogP contribution in [0.4, 0.5) is 11.6 Å². The molecule has 0 radical (unpaired) electrons. The number of carbonyl (C=O) groups is 1. The van der Waals surface area contributed by atoms with E-state index in [2.05, 4.69) is 15.3 Å². The van der Waals surface area contributed by atoms with Crippen molar-refractivity contribution in [2.24, 2.45) is 0 Å². The minimum absolute atomic E-state index is 0.0363. The van der Waals surface area contributed by atoms with Crippen LogP contribution in [0.5, 0.6) is 0 Å². The zero-order chi connectivity index (χ0) is 12.0. The number of nitrogens with two attached hydrogens (primary N) is 1. The van der Waals surface area contributed by atoms with Crippen LogP contribution in [0.1, 0.15) is 13.8 Å². The highest BCUT2D eigenvalue weighted by molar-refractivity contribution is 5.80. The van der Waals surface area contributed by atoms with Crippen molar-refractivity contribution in [1.29, 1.82) is 0 Å². The van der Waals surface area contributed by atoms with Gasteiger partial charge in [0.2, 0.25) is 5.91 Å². The Labute approximate surface area is 94.9 Å². The van der Waals surface area contributed by atoms with E-state index in [-0.39, 0.29) is 12.5 Å². The Morgan fingerprint density at radius 2 is 2.12 bits per heavy atom. The monoisotopic (exact) mass is 223 g/mol. The van der Waals surface area contributed by atoms with Crippen molar-refractivity contribution in [1.82, 2.24) is 14.9 Å². The third-order valence-electron chi connectivity index (χ3n) is 2.19. The smallest absolute Gasteiger partial charge is 0.241 e. The molecule has 0 aliphatic rings. The number of nitrogens with one attached hydrogen (secondary N) is 1. The molecule has 0 aliphatic carbocycles. The Bertz CT molecular complexity index is 351. The number of rotatable bonds is 5. The summed E-state index contributed by atoms with van der Waals surface area (Å²) in [5.41, 5.74) is 5.47. The van der Waals surface area contributed by atoms with E-state index in [0.29, 0.717) is 24.7 Å². The fourth-order valence-electron chi connectivity index (χ4n) is 1.32. The maximum atomic E-state index is 11.6. The van der Waals surface area contributed by atoms with Crippen molar-refractivity contribution in [2.45, 2.75) is 13.8 Å². The van der Waals surface area contributed by atoms with E-state index in [4.69, 9.17) is 5.73 Å². The number of nitrogens with zero attached hydrogens (tertiary/aromatic N) is 3. The summed E-state index contributed by atoms with van der Waals surface area (Å²) in [5, 5.41) is 2.89. The quantitative estimate of drug-likeness (QED) is 0.752. The van der Waals surface area contributed by atoms with Gasteiger partial charge in [-0.1, -0.05) is 0 Å². The Morgan fingerprint density at radius 1 is 1.44 bits per heavy atom. The molecular formula is C10H17N5O. The van der Waals surface area contributed by atoms with Crippen molar-refractivity contribution < 1.29 is 4.79 Å². The van der Waals surface area contributed by atoms with Crippen molar-refractivity contribution in [2.75, 3.05) is 30.7 Å². The lowest BCUT2D eigenvalue weighted by Gasteiger charge is -2.18. The van der Waals surface area contributed by atoms with Crippen LogP contribution in [0.15, 0.2) is 12.4 Å². The largest absolute Gasteiger partial charge is 0.382 e. The van der Waals surface area contributed by atoms with Crippen LogP contribution in [0.25, 0.3) is 0 Å². The van der Waals surface area contributed by atoms with Gasteiger partial charge in [-0.05, 0) is 13.8 Å². The molecule has 1 aromatic heterocycles. The molecule has 0 saturated carbocycles. The molecule has 0 bridgehead atoms. The lowest BCUT2D eigenvalue weighted by atomic mass is 10.4. The van der Waals surface area contributed by atoms with Crippen molar-refractivity contribution >= 4 is 17.5 Å². The van der Waals surface area contributed by atoms with Gasteiger partial charge in [0, 0.05) is 13.1 Å². The summed E-state index contributed by atoms with van der Waals surface area (Å²) in [6.45, 7) is 5.52. The average molecular weight is 223 g/mol. The number of likely N-dealkylation sites (N-methyl/N-ethyl adjacent to an activating group) is 1. The first-order valence-electron chi connectivity index (χ1n) is 5.26. The molecule has 0 atom stereocenters. The lowest BCUT2D eigenvalue weighted by molar-refractivity contribution is -0.128. The van der Waals surface area contributed by atoms with Crippen LogP contribution in [0.2, 0.25) is 0 Å². The van der Waals surface area contributed by atoms with Gasteiger partial charge in [0.05, 0.1) is 18.9 Å². The predicted molar refractivity (Wildman–Crippen MR) is 62.9 cm³/mol. The number of hydrogen-bond donors (Lipinski definition) is 2. The van der Waals surface area contributed by atoms with Crippen LogP contribution in [-0.4, -0.2) is 40.4 Å². The SMILES string of the molecule is CCN(CC)C(=O)CNc1cncc(N)n1. The summed E-state index contributed by atoms with van der Waals surface area (Å²) in [4.78, 5) is 21.3. The van der Waals surface area contributed by atoms with Gasteiger partial charge in [-0.15, -0.1) is 0 Å². The maximum Gasteiger partial charge on any atom is 0.241 e. The molecule has 6 heteroatoms. The van der Waals surface area contributed by atoms with E-state index in [9.17, 15) is 4.79 Å². The molecule has 0 unspecified atom stereocenters. The summed E-state index contributed by atoms with van der Waals surface area (Å²) < 4.78 is 0. The van der Waals surface area contributed by atoms with Gasteiger partial charge in [-0.3, -0.25) is 9.78 Å². The highest BCUT2D eigenvalue weighted by Crippen LogP contribution is 2.02. The first-order valence-corrected chi connectivity index (χ1v) is 5.26. The Hall–Kier alpha value is -1.85. The minimum Gasteiger partial charge on any atom is -0.382 e. The number of aromatic nitrogens is 2. The van der Waals surface area contributed by atoms with E-state index < -0.39 is 0 Å². The zero-order valence-corrected chi connectivity index (χ0v) is 9.60.